The smallest absolute Gasteiger partial charge is 0.219 e. The number of H-pyrrole nitrogens is 1. The van der Waals surface area contributed by atoms with E-state index in [4.69, 9.17) is 9.47 Å². The third-order valence-corrected chi connectivity index (χ3v) is 5.00. The molecule has 1 unspecified atom stereocenters. The fourth-order valence-electron chi connectivity index (χ4n) is 3.55. The summed E-state index contributed by atoms with van der Waals surface area (Å²) in [5.41, 5.74) is 1.06. The van der Waals surface area contributed by atoms with E-state index in [9.17, 15) is 0 Å². The average molecular weight is 379 g/mol. The first-order valence-corrected chi connectivity index (χ1v) is 9.57. The van der Waals surface area contributed by atoms with Crippen LogP contribution in [0.1, 0.15) is 36.0 Å². The highest BCUT2D eigenvalue weighted by atomic mass is 16.5. The van der Waals surface area contributed by atoms with E-state index in [2.05, 4.69) is 24.8 Å². The molecule has 0 aliphatic carbocycles. The predicted molar refractivity (Wildman–Crippen MR) is 107 cm³/mol. The van der Waals surface area contributed by atoms with Crippen LogP contribution in [-0.4, -0.2) is 40.1 Å². The van der Waals surface area contributed by atoms with Gasteiger partial charge in [-0.3, -0.25) is 0 Å². The number of piperidine rings is 1. The number of nitrogens with zero attached hydrogens (tertiary/aromatic N) is 4. The number of nitrogens with one attached hydrogen (secondary N) is 1. The molecule has 3 heterocycles. The lowest BCUT2D eigenvalue weighted by Crippen LogP contribution is -2.35. The molecule has 3 aromatic rings. The number of hydrogen-bond acceptors (Lipinski definition) is 6. The van der Waals surface area contributed by atoms with Gasteiger partial charge in [0.05, 0.1) is 7.11 Å². The van der Waals surface area contributed by atoms with Crippen LogP contribution in [0.25, 0.3) is 0 Å². The van der Waals surface area contributed by atoms with Gasteiger partial charge in [0.1, 0.15) is 29.8 Å². The molecule has 146 valence electrons. The van der Waals surface area contributed by atoms with E-state index in [0.29, 0.717) is 24.2 Å². The lowest BCUT2D eigenvalue weighted by atomic mass is 9.97. The van der Waals surface area contributed by atoms with Crippen molar-refractivity contribution in [2.24, 2.45) is 0 Å². The second kappa shape index (κ2) is 8.29. The molecule has 1 N–H and O–H groups in total. The molecule has 0 radical (unpaired) electrons. The molecule has 0 spiro atoms. The van der Waals surface area contributed by atoms with Crippen LogP contribution >= 0.6 is 0 Å². The highest BCUT2D eigenvalue weighted by Gasteiger charge is 2.24. The molecule has 28 heavy (non-hydrogen) atoms. The summed E-state index contributed by atoms with van der Waals surface area (Å²) in [7, 11) is 1.66. The van der Waals surface area contributed by atoms with Crippen molar-refractivity contribution >= 4 is 5.82 Å². The largest absolute Gasteiger partial charge is 0.497 e. The van der Waals surface area contributed by atoms with Gasteiger partial charge < -0.3 is 19.4 Å². The number of anilines is 1. The zero-order chi connectivity index (χ0) is 19.3. The van der Waals surface area contributed by atoms with Gasteiger partial charge in [-0.1, -0.05) is 12.1 Å². The number of methoxy groups -OCH3 is 1. The first kappa shape index (κ1) is 18.3. The Labute approximate surface area is 164 Å². The second-order valence-corrected chi connectivity index (χ2v) is 7.01. The summed E-state index contributed by atoms with van der Waals surface area (Å²) < 4.78 is 11.1. The van der Waals surface area contributed by atoms with Gasteiger partial charge in [0, 0.05) is 37.5 Å². The van der Waals surface area contributed by atoms with Crippen molar-refractivity contribution < 1.29 is 9.47 Å². The molecule has 1 atom stereocenters. The molecule has 0 bridgehead atoms. The van der Waals surface area contributed by atoms with E-state index in [-0.39, 0.29) is 0 Å². The molecule has 1 aromatic carbocycles. The van der Waals surface area contributed by atoms with Crippen LogP contribution < -0.4 is 14.4 Å². The zero-order valence-electron chi connectivity index (χ0n) is 16.3. The monoisotopic (exact) mass is 379 g/mol. The fourth-order valence-corrected chi connectivity index (χ4v) is 3.55. The Morgan fingerprint density at radius 1 is 1.21 bits per heavy atom. The van der Waals surface area contributed by atoms with Crippen molar-refractivity contribution in [1.82, 2.24) is 19.9 Å². The van der Waals surface area contributed by atoms with E-state index < -0.39 is 0 Å². The summed E-state index contributed by atoms with van der Waals surface area (Å²) in [5.74, 6) is 4.49. The van der Waals surface area contributed by atoms with Crippen LogP contribution in [0.3, 0.4) is 0 Å². The molecule has 4 rings (SSSR count). The van der Waals surface area contributed by atoms with E-state index in [1.165, 1.54) is 0 Å². The summed E-state index contributed by atoms with van der Waals surface area (Å²) in [4.78, 5) is 19.1. The Morgan fingerprint density at radius 3 is 2.82 bits per heavy atom. The lowest BCUT2D eigenvalue weighted by Gasteiger charge is -2.32. The van der Waals surface area contributed by atoms with Crippen molar-refractivity contribution in [3.63, 3.8) is 0 Å². The predicted octanol–water partition coefficient (Wildman–Crippen LogP) is 3.48. The van der Waals surface area contributed by atoms with Crippen molar-refractivity contribution in [2.75, 3.05) is 25.1 Å². The van der Waals surface area contributed by atoms with Crippen LogP contribution in [0.5, 0.6) is 11.6 Å². The summed E-state index contributed by atoms with van der Waals surface area (Å²) >= 11 is 0. The van der Waals surface area contributed by atoms with Crippen LogP contribution in [0.2, 0.25) is 0 Å². The van der Waals surface area contributed by atoms with Gasteiger partial charge in [0.2, 0.25) is 5.88 Å². The SMILES string of the molecule is COc1ccc(COc2cc(N3CCCC(c4ncc[nH]4)C3)nc(C)n2)cc1. The van der Waals surface area contributed by atoms with Gasteiger partial charge >= 0.3 is 0 Å². The minimum absolute atomic E-state index is 0.391. The first-order valence-electron chi connectivity index (χ1n) is 9.57. The van der Waals surface area contributed by atoms with Gasteiger partial charge in [-0.2, -0.15) is 4.98 Å². The molecule has 1 aliphatic rings. The van der Waals surface area contributed by atoms with E-state index in [0.717, 1.165) is 48.9 Å². The number of aromatic amines is 1. The molecule has 7 nitrogen and oxygen atoms in total. The highest BCUT2D eigenvalue weighted by molar-refractivity contribution is 5.43. The van der Waals surface area contributed by atoms with Gasteiger partial charge in [-0.25, -0.2) is 9.97 Å². The Bertz CT molecular complexity index is 896. The van der Waals surface area contributed by atoms with E-state index >= 15 is 0 Å². The minimum atomic E-state index is 0.391. The maximum atomic E-state index is 5.94. The lowest BCUT2D eigenvalue weighted by molar-refractivity contribution is 0.292. The van der Waals surface area contributed by atoms with Gasteiger partial charge in [-0.05, 0) is 37.5 Å². The standard InChI is InChI=1S/C21H25N5O2/c1-15-24-19(26-11-3-4-17(13-26)21-22-9-10-23-21)12-20(25-15)28-14-16-5-7-18(27-2)8-6-16/h5-10,12,17H,3-4,11,13-14H2,1-2H3,(H,22,23). The van der Waals surface area contributed by atoms with Crippen molar-refractivity contribution in [2.45, 2.75) is 32.3 Å². The number of imidazole rings is 1. The Morgan fingerprint density at radius 2 is 2.07 bits per heavy atom. The van der Waals surface area contributed by atoms with Crippen molar-refractivity contribution in [3.05, 3.63) is 59.9 Å². The molecular formula is C21H25N5O2. The third-order valence-electron chi connectivity index (χ3n) is 5.00. The summed E-state index contributed by atoms with van der Waals surface area (Å²) in [6.45, 7) is 4.22. The highest BCUT2D eigenvalue weighted by Crippen LogP contribution is 2.28. The number of benzene rings is 1. The molecule has 1 fully saturated rings. The molecule has 1 saturated heterocycles. The van der Waals surface area contributed by atoms with Crippen LogP contribution in [0, 0.1) is 6.92 Å². The number of ether oxygens (including phenoxy) is 2. The van der Waals surface area contributed by atoms with Crippen LogP contribution in [-0.2, 0) is 6.61 Å². The van der Waals surface area contributed by atoms with Gasteiger partial charge in [-0.15, -0.1) is 0 Å². The molecule has 0 amide bonds. The number of aromatic nitrogens is 4. The van der Waals surface area contributed by atoms with Crippen LogP contribution in [0.4, 0.5) is 5.82 Å². The van der Waals surface area contributed by atoms with Gasteiger partial charge in [0.25, 0.3) is 0 Å². The van der Waals surface area contributed by atoms with Crippen LogP contribution in [0.15, 0.2) is 42.7 Å². The average Bonchev–Trinajstić information content (AvgIpc) is 3.27. The normalized spacial score (nSPS) is 16.8. The van der Waals surface area contributed by atoms with E-state index in [1.54, 1.807) is 7.11 Å². The summed E-state index contributed by atoms with van der Waals surface area (Å²) in [6.07, 6.45) is 5.94. The maximum absolute atomic E-state index is 5.94. The Hall–Kier alpha value is -3.09. The van der Waals surface area contributed by atoms with Crippen molar-refractivity contribution in [3.8, 4) is 11.6 Å². The molecule has 2 aromatic heterocycles. The quantitative estimate of drug-likeness (QED) is 0.707. The zero-order valence-corrected chi connectivity index (χ0v) is 16.3. The topological polar surface area (TPSA) is 76.2 Å². The third kappa shape index (κ3) is 4.24. The number of rotatable bonds is 6. The summed E-state index contributed by atoms with van der Waals surface area (Å²) in [5, 5.41) is 0. The minimum Gasteiger partial charge on any atom is -0.497 e. The second-order valence-electron chi connectivity index (χ2n) is 7.01. The Balaban J connectivity index is 1.45. The van der Waals surface area contributed by atoms with Gasteiger partial charge in [0.15, 0.2) is 0 Å². The summed E-state index contributed by atoms with van der Waals surface area (Å²) in [6, 6.07) is 9.77. The number of aryl methyl sites for hydroxylation is 1. The molecule has 7 heteroatoms. The first-order chi connectivity index (χ1) is 13.7. The molecule has 1 aliphatic heterocycles. The fraction of sp³-hybridized carbons (Fsp3) is 0.381. The van der Waals surface area contributed by atoms with Crippen molar-refractivity contribution in [1.29, 1.82) is 0 Å². The van der Waals surface area contributed by atoms with E-state index in [1.807, 2.05) is 49.6 Å². The molecule has 0 saturated carbocycles. The molecular weight excluding hydrogens is 354 g/mol. The Kier molecular flexibility index (Phi) is 5.41. The maximum Gasteiger partial charge on any atom is 0.219 e. The number of hydrogen-bond donors (Lipinski definition) is 1.